The molecular formula is C14H28N2O. The molecule has 2 heterocycles. The van der Waals surface area contributed by atoms with Crippen LogP contribution in [0.3, 0.4) is 0 Å². The summed E-state index contributed by atoms with van der Waals surface area (Å²) in [5.74, 6) is 0. The molecule has 2 fully saturated rings. The number of rotatable bonds is 4. The van der Waals surface area contributed by atoms with E-state index in [1.807, 2.05) is 0 Å². The lowest BCUT2D eigenvalue weighted by molar-refractivity contribution is 0.0273. The number of nitrogens with zero attached hydrogens (tertiary/aromatic N) is 1. The molecule has 3 heteroatoms. The second kappa shape index (κ2) is 6.17. The second-order valence-electron chi connectivity index (χ2n) is 6.06. The maximum Gasteiger partial charge on any atom is 0.0645 e. The summed E-state index contributed by atoms with van der Waals surface area (Å²) in [6.45, 7) is 6.55. The van der Waals surface area contributed by atoms with Crippen molar-refractivity contribution in [2.24, 2.45) is 0 Å². The van der Waals surface area contributed by atoms with E-state index in [0.29, 0.717) is 0 Å². The highest BCUT2D eigenvalue weighted by Crippen LogP contribution is 2.20. The standard InChI is InChI=1S/C14H28N2O/c1-14(8-5-11-17-12-14)15-9-7-13-6-3-4-10-16(13)2/h13,15H,3-12H2,1-2H3. The van der Waals surface area contributed by atoms with Gasteiger partial charge in [0.05, 0.1) is 6.61 Å². The van der Waals surface area contributed by atoms with Gasteiger partial charge in [-0.25, -0.2) is 0 Å². The fourth-order valence-electron chi connectivity index (χ4n) is 3.12. The van der Waals surface area contributed by atoms with Crippen LogP contribution in [0.2, 0.25) is 0 Å². The van der Waals surface area contributed by atoms with Gasteiger partial charge in [0.2, 0.25) is 0 Å². The third-order valence-electron chi connectivity index (χ3n) is 4.39. The van der Waals surface area contributed by atoms with Crippen molar-refractivity contribution >= 4 is 0 Å². The zero-order chi connectivity index (χ0) is 12.1. The SMILES string of the molecule is CN1CCCCC1CCNC1(C)CCCOC1. The fraction of sp³-hybridized carbons (Fsp3) is 1.00. The van der Waals surface area contributed by atoms with Gasteiger partial charge in [-0.2, -0.15) is 0 Å². The van der Waals surface area contributed by atoms with Crippen LogP contribution in [0.15, 0.2) is 0 Å². The molecule has 3 nitrogen and oxygen atoms in total. The second-order valence-corrected chi connectivity index (χ2v) is 6.06. The van der Waals surface area contributed by atoms with Crippen LogP contribution in [0.5, 0.6) is 0 Å². The Morgan fingerprint density at radius 2 is 2.24 bits per heavy atom. The first-order valence-corrected chi connectivity index (χ1v) is 7.23. The predicted octanol–water partition coefficient (Wildman–Crippen LogP) is 2.02. The zero-order valence-corrected chi connectivity index (χ0v) is 11.5. The molecule has 0 amide bonds. The molecule has 2 rings (SSSR count). The van der Waals surface area contributed by atoms with Gasteiger partial charge in [0, 0.05) is 18.2 Å². The van der Waals surface area contributed by atoms with Crippen molar-refractivity contribution in [1.29, 1.82) is 0 Å². The van der Waals surface area contributed by atoms with Crippen LogP contribution in [0.4, 0.5) is 0 Å². The van der Waals surface area contributed by atoms with Crippen LogP contribution >= 0.6 is 0 Å². The quantitative estimate of drug-likeness (QED) is 0.813. The minimum atomic E-state index is 0.228. The molecule has 1 N–H and O–H groups in total. The lowest BCUT2D eigenvalue weighted by Gasteiger charge is -2.37. The summed E-state index contributed by atoms with van der Waals surface area (Å²) in [7, 11) is 2.27. The van der Waals surface area contributed by atoms with Crippen LogP contribution in [-0.2, 0) is 4.74 Å². The van der Waals surface area contributed by atoms with E-state index in [0.717, 1.165) is 25.8 Å². The third-order valence-corrected chi connectivity index (χ3v) is 4.39. The molecule has 17 heavy (non-hydrogen) atoms. The van der Waals surface area contributed by atoms with Gasteiger partial charge in [0.1, 0.15) is 0 Å². The van der Waals surface area contributed by atoms with Crippen molar-refractivity contribution in [1.82, 2.24) is 10.2 Å². The van der Waals surface area contributed by atoms with Crippen molar-refractivity contribution in [2.75, 3.05) is 33.4 Å². The van der Waals surface area contributed by atoms with Crippen molar-refractivity contribution < 1.29 is 4.74 Å². The summed E-state index contributed by atoms with van der Waals surface area (Å²) in [5.41, 5.74) is 0.228. The Balaban J connectivity index is 1.67. The molecule has 0 aromatic rings. The Morgan fingerprint density at radius 1 is 1.35 bits per heavy atom. The molecule has 0 aromatic heterocycles. The topological polar surface area (TPSA) is 24.5 Å². The van der Waals surface area contributed by atoms with Gasteiger partial charge in [0.25, 0.3) is 0 Å². The molecule has 2 saturated heterocycles. The van der Waals surface area contributed by atoms with Crippen LogP contribution in [0, 0.1) is 0 Å². The summed E-state index contributed by atoms with van der Waals surface area (Å²) in [5, 5.41) is 3.71. The number of hydrogen-bond donors (Lipinski definition) is 1. The lowest BCUT2D eigenvalue weighted by Crippen LogP contribution is -2.50. The minimum absolute atomic E-state index is 0.228. The van der Waals surface area contributed by atoms with E-state index < -0.39 is 0 Å². The first-order valence-electron chi connectivity index (χ1n) is 7.23. The number of hydrogen-bond acceptors (Lipinski definition) is 3. The first-order chi connectivity index (χ1) is 8.20. The smallest absolute Gasteiger partial charge is 0.0645 e. The Bertz CT molecular complexity index is 226. The molecule has 2 unspecified atom stereocenters. The molecule has 0 aliphatic carbocycles. The van der Waals surface area contributed by atoms with E-state index in [9.17, 15) is 0 Å². The zero-order valence-electron chi connectivity index (χ0n) is 11.5. The van der Waals surface area contributed by atoms with Crippen LogP contribution in [0.1, 0.15) is 45.4 Å². The highest BCUT2D eigenvalue weighted by atomic mass is 16.5. The van der Waals surface area contributed by atoms with Gasteiger partial charge < -0.3 is 15.0 Å². The first kappa shape index (κ1) is 13.3. The van der Waals surface area contributed by atoms with Gasteiger partial charge in [0.15, 0.2) is 0 Å². The van der Waals surface area contributed by atoms with Gasteiger partial charge >= 0.3 is 0 Å². The Hall–Kier alpha value is -0.120. The van der Waals surface area contributed by atoms with E-state index in [4.69, 9.17) is 4.74 Å². The molecule has 0 saturated carbocycles. The van der Waals surface area contributed by atoms with Gasteiger partial charge in [-0.15, -0.1) is 0 Å². The highest BCUT2D eigenvalue weighted by molar-refractivity contribution is 4.86. The minimum Gasteiger partial charge on any atom is -0.380 e. The van der Waals surface area contributed by atoms with Gasteiger partial charge in [-0.05, 0) is 59.2 Å². The summed E-state index contributed by atoms with van der Waals surface area (Å²) in [4.78, 5) is 2.53. The average Bonchev–Trinajstić information content (AvgIpc) is 2.32. The van der Waals surface area contributed by atoms with E-state index in [-0.39, 0.29) is 5.54 Å². The van der Waals surface area contributed by atoms with Crippen LogP contribution < -0.4 is 5.32 Å². The maximum atomic E-state index is 5.58. The number of piperidine rings is 1. The molecule has 2 aliphatic rings. The van der Waals surface area contributed by atoms with Gasteiger partial charge in [-0.3, -0.25) is 0 Å². The Kier molecular flexibility index (Phi) is 4.83. The number of ether oxygens (including phenoxy) is 1. The molecule has 2 aliphatic heterocycles. The number of likely N-dealkylation sites (tertiary alicyclic amines) is 1. The molecule has 0 radical (unpaired) electrons. The summed E-state index contributed by atoms with van der Waals surface area (Å²) >= 11 is 0. The molecule has 0 bridgehead atoms. The summed E-state index contributed by atoms with van der Waals surface area (Å²) in [6, 6.07) is 0.796. The molecular weight excluding hydrogens is 212 g/mol. The number of nitrogens with one attached hydrogen (secondary N) is 1. The van der Waals surface area contributed by atoms with Crippen molar-refractivity contribution in [2.45, 2.75) is 57.0 Å². The largest absolute Gasteiger partial charge is 0.380 e. The Morgan fingerprint density at radius 3 is 2.94 bits per heavy atom. The summed E-state index contributed by atoms with van der Waals surface area (Å²) < 4.78 is 5.58. The molecule has 0 spiro atoms. The van der Waals surface area contributed by atoms with Gasteiger partial charge in [-0.1, -0.05) is 6.42 Å². The summed E-state index contributed by atoms with van der Waals surface area (Å²) in [6.07, 6.45) is 7.92. The monoisotopic (exact) mass is 240 g/mol. The lowest BCUT2D eigenvalue weighted by atomic mass is 9.94. The maximum absolute atomic E-state index is 5.58. The normalized spacial score (nSPS) is 36.0. The molecule has 0 aromatic carbocycles. The van der Waals surface area contributed by atoms with Crippen molar-refractivity contribution in [3.05, 3.63) is 0 Å². The predicted molar refractivity (Wildman–Crippen MR) is 71.3 cm³/mol. The molecule has 100 valence electrons. The van der Waals surface area contributed by atoms with Crippen LogP contribution in [0.25, 0.3) is 0 Å². The Labute approximate surface area is 106 Å². The van der Waals surface area contributed by atoms with Crippen molar-refractivity contribution in [3.8, 4) is 0 Å². The fourth-order valence-corrected chi connectivity index (χ4v) is 3.12. The van der Waals surface area contributed by atoms with E-state index in [2.05, 4.69) is 24.2 Å². The van der Waals surface area contributed by atoms with E-state index >= 15 is 0 Å². The van der Waals surface area contributed by atoms with Crippen LogP contribution in [-0.4, -0.2) is 49.8 Å². The third kappa shape index (κ3) is 3.94. The average molecular weight is 240 g/mol. The van der Waals surface area contributed by atoms with E-state index in [1.54, 1.807) is 0 Å². The van der Waals surface area contributed by atoms with E-state index in [1.165, 1.54) is 45.1 Å². The molecule has 2 atom stereocenters. The van der Waals surface area contributed by atoms with Crippen molar-refractivity contribution in [3.63, 3.8) is 0 Å². The highest BCUT2D eigenvalue weighted by Gasteiger charge is 2.27.